The molecule has 0 bridgehead atoms. The Labute approximate surface area is 137 Å². The Morgan fingerprint density at radius 2 is 2.00 bits per heavy atom. The third-order valence-electron chi connectivity index (χ3n) is 5.14. The minimum Gasteiger partial charge on any atom is -0.377 e. The Bertz CT molecular complexity index is 667. The van der Waals surface area contributed by atoms with E-state index in [-0.39, 0.29) is 0 Å². The number of rotatable bonds is 4. The van der Waals surface area contributed by atoms with Crippen molar-refractivity contribution >= 4 is 0 Å². The van der Waals surface area contributed by atoms with Crippen LogP contribution in [0.2, 0.25) is 0 Å². The van der Waals surface area contributed by atoms with Gasteiger partial charge in [0.25, 0.3) is 0 Å². The van der Waals surface area contributed by atoms with E-state index in [1.54, 1.807) is 6.33 Å². The number of likely N-dealkylation sites (tertiary alicyclic amines) is 1. The summed E-state index contributed by atoms with van der Waals surface area (Å²) in [5.74, 6) is 0. The van der Waals surface area contributed by atoms with E-state index < -0.39 is 0 Å². The van der Waals surface area contributed by atoms with Crippen LogP contribution >= 0.6 is 0 Å². The zero-order chi connectivity index (χ0) is 15.7. The summed E-state index contributed by atoms with van der Waals surface area (Å²) in [7, 11) is 0. The molecule has 1 atom stereocenters. The minimum absolute atomic E-state index is 0.321. The Kier molecular flexibility index (Phi) is 3.87. The van der Waals surface area contributed by atoms with E-state index in [1.807, 2.05) is 12.4 Å². The van der Waals surface area contributed by atoms with Crippen molar-refractivity contribution in [3.63, 3.8) is 0 Å². The fraction of sp³-hybridized carbons (Fsp3) is 0.474. The quantitative estimate of drug-likeness (QED) is 0.870. The van der Waals surface area contributed by atoms with Gasteiger partial charge in [0.1, 0.15) is 6.33 Å². The van der Waals surface area contributed by atoms with Crippen LogP contribution in [0.25, 0.3) is 0 Å². The molecule has 1 aromatic heterocycles. The van der Waals surface area contributed by atoms with Gasteiger partial charge in [-0.1, -0.05) is 24.3 Å². The Balaban J connectivity index is 1.30. The minimum atomic E-state index is 0.321. The number of hydrogen-bond donors (Lipinski definition) is 0. The molecule has 120 valence electrons. The lowest BCUT2D eigenvalue weighted by molar-refractivity contribution is -0.0141. The first kappa shape index (κ1) is 14.8. The Morgan fingerprint density at radius 3 is 2.78 bits per heavy atom. The summed E-state index contributed by atoms with van der Waals surface area (Å²) in [6.07, 6.45) is 7.78. The molecule has 4 nitrogen and oxygen atoms in total. The summed E-state index contributed by atoms with van der Waals surface area (Å²) in [4.78, 5) is 10.7. The van der Waals surface area contributed by atoms with Crippen LogP contribution in [0.4, 0.5) is 0 Å². The van der Waals surface area contributed by atoms with Gasteiger partial charge in [0, 0.05) is 43.9 Å². The van der Waals surface area contributed by atoms with E-state index >= 15 is 0 Å². The highest BCUT2D eigenvalue weighted by molar-refractivity contribution is 5.26. The van der Waals surface area contributed by atoms with Crippen LogP contribution in [0.15, 0.2) is 43.0 Å². The normalized spacial score (nSPS) is 23.1. The molecule has 2 aliphatic heterocycles. The third kappa shape index (κ3) is 3.14. The molecule has 0 N–H and O–H groups in total. The van der Waals surface area contributed by atoms with Gasteiger partial charge in [0.05, 0.1) is 12.7 Å². The van der Waals surface area contributed by atoms with E-state index in [0.29, 0.717) is 11.5 Å². The highest BCUT2D eigenvalue weighted by Gasteiger charge is 2.48. The lowest BCUT2D eigenvalue weighted by Gasteiger charge is -2.47. The van der Waals surface area contributed by atoms with Crippen molar-refractivity contribution in [2.24, 2.45) is 5.41 Å². The molecule has 2 saturated heterocycles. The fourth-order valence-corrected chi connectivity index (χ4v) is 3.99. The maximum atomic E-state index is 6.05. The van der Waals surface area contributed by atoms with Crippen molar-refractivity contribution in [3.8, 4) is 0 Å². The lowest BCUT2D eigenvalue weighted by Crippen LogP contribution is -2.56. The van der Waals surface area contributed by atoms with Crippen LogP contribution in [0.1, 0.15) is 23.1 Å². The molecular weight excluding hydrogens is 286 g/mol. The topological polar surface area (TPSA) is 38.2 Å². The van der Waals surface area contributed by atoms with E-state index in [4.69, 9.17) is 4.74 Å². The first-order chi connectivity index (χ1) is 11.2. The summed E-state index contributed by atoms with van der Waals surface area (Å²) < 4.78 is 6.05. The molecule has 2 fully saturated rings. The van der Waals surface area contributed by atoms with Gasteiger partial charge in [-0.3, -0.25) is 4.90 Å². The molecule has 1 unspecified atom stereocenters. The van der Waals surface area contributed by atoms with Gasteiger partial charge in [0.2, 0.25) is 0 Å². The van der Waals surface area contributed by atoms with Crippen molar-refractivity contribution in [1.82, 2.24) is 14.9 Å². The number of benzene rings is 1. The van der Waals surface area contributed by atoms with Gasteiger partial charge in [-0.05, 0) is 30.0 Å². The molecule has 2 aromatic rings. The molecule has 0 aliphatic carbocycles. The molecule has 1 spiro atoms. The van der Waals surface area contributed by atoms with Gasteiger partial charge < -0.3 is 4.74 Å². The van der Waals surface area contributed by atoms with E-state index in [9.17, 15) is 0 Å². The van der Waals surface area contributed by atoms with Gasteiger partial charge in [-0.15, -0.1) is 0 Å². The van der Waals surface area contributed by atoms with Crippen molar-refractivity contribution < 1.29 is 4.74 Å². The maximum absolute atomic E-state index is 6.05. The highest BCUT2D eigenvalue weighted by Crippen LogP contribution is 2.42. The van der Waals surface area contributed by atoms with Gasteiger partial charge in [-0.25, -0.2) is 9.97 Å². The van der Waals surface area contributed by atoms with Crippen molar-refractivity contribution in [1.29, 1.82) is 0 Å². The van der Waals surface area contributed by atoms with E-state index in [0.717, 1.165) is 39.1 Å². The molecule has 0 amide bonds. The van der Waals surface area contributed by atoms with Crippen LogP contribution < -0.4 is 0 Å². The first-order valence-corrected chi connectivity index (χ1v) is 8.35. The molecule has 1 aromatic carbocycles. The largest absolute Gasteiger partial charge is 0.377 e. The second-order valence-corrected chi connectivity index (χ2v) is 7.16. The van der Waals surface area contributed by atoms with Gasteiger partial charge >= 0.3 is 0 Å². The second kappa shape index (κ2) is 6.02. The molecule has 23 heavy (non-hydrogen) atoms. The zero-order valence-electron chi connectivity index (χ0n) is 13.6. The molecule has 2 aliphatic rings. The summed E-state index contributed by atoms with van der Waals surface area (Å²) in [5, 5.41) is 0. The zero-order valence-corrected chi connectivity index (χ0v) is 13.6. The van der Waals surface area contributed by atoms with Crippen molar-refractivity contribution in [2.45, 2.75) is 32.4 Å². The van der Waals surface area contributed by atoms with Crippen LogP contribution in [0.3, 0.4) is 0 Å². The maximum Gasteiger partial charge on any atom is 0.115 e. The summed E-state index contributed by atoms with van der Waals surface area (Å²) in [6.45, 7) is 6.47. The molecule has 0 saturated carbocycles. The van der Waals surface area contributed by atoms with Gasteiger partial charge in [0.15, 0.2) is 0 Å². The molecule has 3 heterocycles. The van der Waals surface area contributed by atoms with Crippen molar-refractivity contribution in [3.05, 3.63) is 59.7 Å². The first-order valence-electron chi connectivity index (χ1n) is 8.35. The van der Waals surface area contributed by atoms with Crippen LogP contribution in [-0.2, 0) is 17.7 Å². The second-order valence-electron chi connectivity index (χ2n) is 7.16. The Morgan fingerprint density at radius 1 is 1.22 bits per heavy atom. The Hall–Kier alpha value is -1.78. The van der Waals surface area contributed by atoms with E-state index in [1.165, 1.54) is 16.7 Å². The standard InChI is InChI=1S/C19H23N3O/c1-15-4-2-3-5-17(15)10-22-11-19(12-22)7-18(23-13-19)6-16-8-20-14-21-9-16/h2-5,8-9,14,18H,6-7,10-13H2,1H3. The molecular formula is C19H23N3O. The van der Waals surface area contributed by atoms with Crippen LogP contribution in [0.5, 0.6) is 0 Å². The molecule has 0 radical (unpaired) electrons. The summed E-state index contributed by atoms with van der Waals surface area (Å²) in [6, 6.07) is 8.68. The number of aromatic nitrogens is 2. The number of aryl methyl sites for hydroxylation is 1. The third-order valence-corrected chi connectivity index (χ3v) is 5.14. The number of ether oxygens (including phenoxy) is 1. The molecule has 4 rings (SSSR count). The fourth-order valence-electron chi connectivity index (χ4n) is 3.99. The number of nitrogens with zero attached hydrogens (tertiary/aromatic N) is 3. The average molecular weight is 309 g/mol. The number of hydrogen-bond acceptors (Lipinski definition) is 4. The summed E-state index contributed by atoms with van der Waals surface area (Å²) >= 11 is 0. The lowest BCUT2D eigenvalue weighted by atomic mass is 9.77. The van der Waals surface area contributed by atoms with Crippen LogP contribution in [0, 0.1) is 12.3 Å². The average Bonchev–Trinajstić information content (AvgIpc) is 2.94. The van der Waals surface area contributed by atoms with E-state index in [2.05, 4.69) is 46.1 Å². The summed E-state index contributed by atoms with van der Waals surface area (Å²) in [5.41, 5.74) is 4.38. The monoisotopic (exact) mass is 309 g/mol. The predicted molar refractivity (Wildman–Crippen MR) is 89.0 cm³/mol. The predicted octanol–water partition coefficient (Wildman–Crippen LogP) is 2.62. The SMILES string of the molecule is Cc1ccccc1CN1CC2(COC(Cc3cncnc3)C2)C1. The van der Waals surface area contributed by atoms with Crippen molar-refractivity contribution in [2.75, 3.05) is 19.7 Å². The van der Waals surface area contributed by atoms with Crippen LogP contribution in [-0.4, -0.2) is 40.7 Å². The van der Waals surface area contributed by atoms with Gasteiger partial charge in [-0.2, -0.15) is 0 Å². The smallest absolute Gasteiger partial charge is 0.115 e. The highest BCUT2D eigenvalue weighted by atomic mass is 16.5. The molecule has 4 heteroatoms.